The Labute approximate surface area is 191 Å². The molecule has 162 valence electrons. The fourth-order valence-electron chi connectivity index (χ4n) is 2.69. The summed E-state index contributed by atoms with van der Waals surface area (Å²) in [5.41, 5.74) is 0.795. The highest BCUT2D eigenvalue weighted by Crippen LogP contribution is 2.37. The van der Waals surface area contributed by atoms with Gasteiger partial charge in [0.05, 0.1) is 21.6 Å². The normalized spacial score (nSPS) is 15.0. The predicted octanol–water partition coefficient (Wildman–Crippen LogP) is 5.31. The minimum Gasteiger partial charge on any atom is -0.486 e. The number of carbonyl (C=O) groups excluding carboxylic acids is 3. The van der Waals surface area contributed by atoms with Gasteiger partial charge in [0.15, 0.2) is 5.75 Å². The number of amides is 2. The molecule has 0 atom stereocenters. The second-order valence-corrected chi connectivity index (χ2v) is 8.07. The van der Waals surface area contributed by atoms with Crippen LogP contribution in [0.3, 0.4) is 0 Å². The summed E-state index contributed by atoms with van der Waals surface area (Å²) in [4.78, 5) is 37.1. The van der Waals surface area contributed by atoms with E-state index in [1.54, 1.807) is 25.1 Å². The van der Waals surface area contributed by atoms with Crippen LogP contribution in [-0.2, 0) is 20.9 Å². The van der Waals surface area contributed by atoms with E-state index in [-0.39, 0.29) is 33.9 Å². The van der Waals surface area contributed by atoms with Gasteiger partial charge in [-0.2, -0.15) is 0 Å². The van der Waals surface area contributed by atoms with Gasteiger partial charge in [-0.25, -0.2) is 4.39 Å². The largest absolute Gasteiger partial charge is 0.486 e. The van der Waals surface area contributed by atoms with Gasteiger partial charge in [-0.05, 0) is 48.5 Å². The molecule has 2 aromatic carbocycles. The van der Waals surface area contributed by atoms with E-state index in [1.807, 2.05) is 0 Å². The molecule has 1 aliphatic heterocycles. The molecule has 2 amide bonds. The Balaban J connectivity index is 1.76. The van der Waals surface area contributed by atoms with E-state index in [0.29, 0.717) is 22.9 Å². The van der Waals surface area contributed by atoms with Crippen molar-refractivity contribution in [2.75, 3.05) is 13.2 Å². The Hall–Kier alpha value is -2.55. The number of nitrogens with zero attached hydrogens (tertiary/aromatic N) is 1. The van der Waals surface area contributed by atoms with E-state index < -0.39 is 29.5 Å². The molecule has 6 nitrogen and oxygen atoms in total. The summed E-state index contributed by atoms with van der Waals surface area (Å²) in [5.74, 6) is -1.53. The Morgan fingerprint density at radius 1 is 1.19 bits per heavy atom. The first kappa shape index (κ1) is 23.1. The van der Waals surface area contributed by atoms with Crippen molar-refractivity contribution in [2.45, 2.75) is 13.5 Å². The average Bonchev–Trinajstić information content (AvgIpc) is 2.96. The van der Waals surface area contributed by atoms with Gasteiger partial charge in [-0.3, -0.25) is 19.3 Å². The third kappa shape index (κ3) is 5.58. The summed E-state index contributed by atoms with van der Waals surface area (Å²) < 4.78 is 24.1. The topological polar surface area (TPSA) is 72.9 Å². The highest BCUT2D eigenvalue weighted by atomic mass is 35.5. The van der Waals surface area contributed by atoms with Gasteiger partial charge in [0.1, 0.15) is 19.0 Å². The summed E-state index contributed by atoms with van der Waals surface area (Å²) in [7, 11) is 0. The Bertz CT molecular complexity index is 1050. The molecule has 3 rings (SSSR count). The first-order chi connectivity index (χ1) is 14.8. The van der Waals surface area contributed by atoms with Crippen LogP contribution >= 0.6 is 35.0 Å². The lowest BCUT2D eigenvalue weighted by molar-refractivity contribution is -0.145. The first-order valence-corrected chi connectivity index (χ1v) is 10.6. The molecule has 0 saturated carbocycles. The molecule has 1 heterocycles. The maximum absolute atomic E-state index is 13.8. The summed E-state index contributed by atoms with van der Waals surface area (Å²) >= 11 is 13.2. The average molecular weight is 484 g/mol. The Kier molecular flexibility index (Phi) is 7.59. The predicted molar refractivity (Wildman–Crippen MR) is 117 cm³/mol. The van der Waals surface area contributed by atoms with E-state index in [2.05, 4.69) is 0 Å². The monoisotopic (exact) mass is 483 g/mol. The molecule has 0 bridgehead atoms. The van der Waals surface area contributed by atoms with Gasteiger partial charge in [-0.15, -0.1) is 0 Å². The Morgan fingerprint density at radius 3 is 2.52 bits per heavy atom. The summed E-state index contributed by atoms with van der Waals surface area (Å²) in [6, 6.07) is 9.16. The fourth-order valence-corrected chi connectivity index (χ4v) is 4.14. The van der Waals surface area contributed by atoms with Crippen LogP contribution in [0.4, 0.5) is 9.18 Å². The van der Waals surface area contributed by atoms with Crippen molar-refractivity contribution in [1.29, 1.82) is 0 Å². The number of imide groups is 1. The summed E-state index contributed by atoms with van der Waals surface area (Å²) in [6.07, 6.45) is 1.44. The highest BCUT2D eigenvalue weighted by Gasteiger charge is 2.36. The first-order valence-electron chi connectivity index (χ1n) is 9.06. The van der Waals surface area contributed by atoms with Crippen molar-refractivity contribution in [3.63, 3.8) is 0 Å². The number of carbonyl (C=O) groups is 3. The third-order valence-corrected chi connectivity index (χ3v) is 5.58. The lowest BCUT2D eigenvalue weighted by atomic mass is 10.2. The Morgan fingerprint density at radius 2 is 1.87 bits per heavy atom. The molecule has 2 aromatic rings. The lowest BCUT2D eigenvalue weighted by Crippen LogP contribution is -2.34. The molecule has 0 radical (unpaired) electrons. The maximum atomic E-state index is 13.8. The van der Waals surface area contributed by atoms with Gasteiger partial charge in [0.25, 0.3) is 11.1 Å². The minimum atomic E-state index is -0.673. The van der Waals surface area contributed by atoms with Crippen LogP contribution in [0.25, 0.3) is 6.08 Å². The van der Waals surface area contributed by atoms with Gasteiger partial charge < -0.3 is 9.47 Å². The van der Waals surface area contributed by atoms with E-state index in [4.69, 9.17) is 32.7 Å². The van der Waals surface area contributed by atoms with Crippen molar-refractivity contribution in [3.8, 4) is 5.75 Å². The number of esters is 1. The third-order valence-electron chi connectivity index (χ3n) is 4.11. The zero-order valence-corrected chi connectivity index (χ0v) is 18.5. The highest BCUT2D eigenvalue weighted by molar-refractivity contribution is 8.18. The second kappa shape index (κ2) is 10.2. The molecule has 0 unspecified atom stereocenters. The molecule has 31 heavy (non-hydrogen) atoms. The summed E-state index contributed by atoms with van der Waals surface area (Å²) in [6.45, 7) is 1.24. The number of thioether (sulfide) groups is 1. The number of hydrogen-bond acceptors (Lipinski definition) is 6. The fraction of sp³-hybridized carbons (Fsp3) is 0.190. The van der Waals surface area contributed by atoms with Crippen LogP contribution in [0.5, 0.6) is 5.75 Å². The molecule has 0 N–H and O–H groups in total. The second-order valence-electron chi connectivity index (χ2n) is 6.27. The van der Waals surface area contributed by atoms with Crippen LogP contribution in [-0.4, -0.2) is 35.2 Å². The number of rotatable bonds is 7. The maximum Gasteiger partial charge on any atom is 0.326 e. The minimum absolute atomic E-state index is 0.0712. The SMILES string of the molecule is CCOC(=O)CN1C(=O)S/C(=C\c2cc(Cl)c(OCc3ccccc3F)c(Cl)c2)C1=O. The molecule has 1 saturated heterocycles. The molecule has 0 spiro atoms. The lowest BCUT2D eigenvalue weighted by Gasteiger charge is -2.12. The van der Waals surface area contributed by atoms with E-state index in [9.17, 15) is 18.8 Å². The van der Waals surface area contributed by atoms with E-state index in [0.717, 1.165) is 4.90 Å². The number of benzene rings is 2. The molecule has 0 aromatic heterocycles. The van der Waals surface area contributed by atoms with Crippen LogP contribution in [0, 0.1) is 5.82 Å². The van der Waals surface area contributed by atoms with E-state index in [1.165, 1.54) is 24.3 Å². The van der Waals surface area contributed by atoms with Crippen LogP contribution in [0.2, 0.25) is 10.0 Å². The van der Waals surface area contributed by atoms with Gasteiger partial charge in [0, 0.05) is 5.56 Å². The molecular formula is C21H16Cl2FNO5S. The van der Waals surface area contributed by atoms with E-state index >= 15 is 0 Å². The van der Waals surface area contributed by atoms with Crippen molar-refractivity contribution in [1.82, 2.24) is 4.90 Å². The molecule has 10 heteroatoms. The quantitative estimate of drug-likeness (QED) is 0.392. The standard InChI is InChI=1S/C21H16Cl2FNO5S/c1-2-29-18(26)10-25-20(27)17(31-21(25)28)9-12-7-14(22)19(15(23)8-12)30-11-13-5-3-4-6-16(13)24/h3-9H,2,10-11H2,1H3/b17-9-. The number of hydrogen-bond donors (Lipinski definition) is 0. The van der Waals surface area contributed by atoms with Crippen molar-refractivity contribution in [3.05, 3.63) is 68.3 Å². The van der Waals surface area contributed by atoms with Crippen LogP contribution < -0.4 is 4.74 Å². The van der Waals surface area contributed by atoms with Gasteiger partial charge in [-0.1, -0.05) is 41.4 Å². The molecule has 1 fully saturated rings. The molecule has 1 aliphatic rings. The van der Waals surface area contributed by atoms with Crippen LogP contribution in [0.15, 0.2) is 41.3 Å². The van der Waals surface area contributed by atoms with Crippen molar-refractivity contribution < 1.29 is 28.2 Å². The summed E-state index contributed by atoms with van der Waals surface area (Å²) in [5, 5.41) is -0.270. The molecule has 0 aliphatic carbocycles. The van der Waals surface area contributed by atoms with Gasteiger partial charge in [0.2, 0.25) is 0 Å². The smallest absolute Gasteiger partial charge is 0.326 e. The number of ether oxygens (including phenoxy) is 2. The number of halogens is 3. The van der Waals surface area contributed by atoms with Crippen molar-refractivity contribution >= 4 is 58.2 Å². The van der Waals surface area contributed by atoms with Crippen LogP contribution in [0.1, 0.15) is 18.1 Å². The zero-order valence-electron chi connectivity index (χ0n) is 16.2. The van der Waals surface area contributed by atoms with Gasteiger partial charge >= 0.3 is 5.97 Å². The van der Waals surface area contributed by atoms with Crippen molar-refractivity contribution in [2.24, 2.45) is 0 Å². The zero-order chi connectivity index (χ0) is 22.5. The molecular weight excluding hydrogens is 468 g/mol.